The molecule has 0 unspecified atom stereocenters. The first-order valence-corrected chi connectivity index (χ1v) is 8.56. The summed E-state index contributed by atoms with van der Waals surface area (Å²) in [5, 5.41) is 16.4. The fourth-order valence-electron chi connectivity index (χ4n) is 2.48. The van der Waals surface area contributed by atoms with Crippen LogP contribution in [0.15, 0.2) is 57.9 Å². The maximum Gasteiger partial charge on any atom is 0.266 e. The summed E-state index contributed by atoms with van der Waals surface area (Å²) >= 11 is 5.90. The third-order valence-corrected chi connectivity index (χ3v) is 4.03. The number of carbonyl (C=O) groups excluding carboxylic acids is 1. The first-order chi connectivity index (χ1) is 13.1. The lowest BCUT2D eigenvalue weighted by Gasteiger charge is -2.08. The van der Waals surface area contributed by atoms with Crippen LogP contribution in [0, 0.1) is 11.3 Å². The number of benzene rings is 1. The van der Waals surface area contributed by atoms with Gasteiger partial charge in [0.25, 0.3) is 5.56 Å². The van der Waals surface area contributed by atoms with E-state index >= 15 is 0 Å². The molecule has 0 aliphatic heterocycles. The predicted octanol–water partition coefficient (Wildman–Crippen LogP) is 3.45. The van der Waals surface area contributed by atoms with Crippen molar-refractivity contribution < 1.29 is 9.21 Å². The molecule has 1 N–H and O–H groups in total. The Morgan fingerprint density at radius 2 is 2.15 bits per heavy atom. The van der Waals surface area contributed by atoms with E-state index in [1.54, 1.807) is 30.3 Å². The van der Waals surface area contributed by atoms with Crippen LogP contribution in [0.25, 0.3) is 11.5 Å². The molecule has 136 valence electrons. The highest BCUT2D eigenvalue weighted by atomic mass is 35.5. The third kappa shape index (κ3) is 4.63. The van der Waals surface area contributed by atoms with Gasteiger partial charge in [0.05, 0.1) is 17.5 Å². The largest absolute Gasteiger partial charge is 0.463 e. The molecule has 3 aromatic rings. The normalized spacial score (nSPS) is 10.4. The van der Waals surface area contributed by atoms with Crippen LogP contribution in [0.5, 0.6) is 0 Å². The average Bonchev–Trinajstić information content (AvgIpc) is 3.18. The number of furan rings is 1. The summed E-state index contributed by atoms with van der Waals surface area (Å²) in [4.78, 5) is 24.1. The van der Waals surface area contributed by atoms with Crippen molar-refractivity contribution in [3.05, 3.63) is 69.7 Å². The highest BCUT2D eigenvalue weighted by Crippen LogP contribution is 2.20. The number of nitrogens with one attached hydrogen (secondary N) is 1. The Kier molecular flexibility index (Phi) is 5.69. The molecule has 2 aromatic heterocycles. The molecule has 0 radical (unpaired) electrons. The third-order valence-electron chi connectivity index (χ3n) is 3.79. The molecule has 0 atom stereocenters. The summed E-state index contributed by atoms with van der Waals surface area (Å²) in [6.07, 6.45) is 2.10. The monoisotopic (exact) mass is 382 g/mol. The first kappa shape index (κ1) is 18.4. The van der Waals surface area contributed by atoms with E-state index in [0.717, 1.165) is 0 Å². The van der Waals surface area contributed by atoms with Gasteiger partial charge in [-0.1, -0.05) is 11.6 Å². The van der Waals surface area contributed by atoms with Crippen molar-refractivity contribution in [2.75, 3.05) is 5.32 Å². The maximum absolute atomic E-state index is 12.1. The van der Waals surface area contributed by atoms with Crippen LogP contribution in [0.2, 0.25) is 5.02 Å². The Bertz CT molecular complexity index is 1050. The van der Waals surface area contributed by atoms with Gasteiger partial charge in [-0.2, -0.15) is 10.4 Å². The van der Waals surface area contributed by atoms with Crippen LogP contribution >= 0.6 is 11.6 Å². The van der Waals surface area contributed by atoms with Gasteiger partial charge >= 0.3 is 0 Å². The van der Waals surface area contributed by atoms with Crippen molar-refractivity contribution in [3.63, 3.8) is 0 Å². The molecule has 8 heteroatoms. The van der Waals surface area contributed by atoms with E-state index in [0.29, 0.717) is 34.1 Å². The molecule has 1 aromatic carbocycles. The van der Waals surface area contributed by atoms with Crippen LogP contribution < -0.4 is 10.9 Å². The van der Waals surface area contributed by atoms with Crippen molar-refractivity contribution in [2.24, 2.45) is 0 Å². The Balaban J connectivity index is 1.61. The molecule has 27 heavy (non-hydrogen) atoms. The predicted molar refractivity (Wildman–Crippen MR) is 100 cm³/mol. The number of hydrogen-bond acceptors (Lipinski definition) is 5. The van der Waals surface area contributed by atoms with E-state index in [4.69, 9.17) is 21.3 Å². The lowest BCUT2D eigenvalue weighted by atomic mass is 10.2. The molecule has 7 nitrogen and oxygen atoms in total. The van der Waals surface area contributed by atoms with Gasteiger partial charge in [0.1, 0.15) is 11.8 Å². The number of rotatable bonds is 6. The molecule has 0 bridgehead atoms. The molecule has 3 rings (SSSR count). The minimum Gasteiger partial charge on any atom is -0.463 e. The zero-order chi connectivity index (χ0) is 19.2. The number of aromatic nitrogens is 2. The average molecular weight is 383 g/mol. The fraction of sp³-hybridized carbons (Fsp3) is 0.158. The van der Waals surface area contributed by atoms with Gasteiger partial charge in [-0.3, -0.25) is 9.59 Å². The van der Waals surface area contributed by atoms with Crippen molar-refractivity contribution in [2.45, 2.75) is 19.4 Å². The molecule has 1 amide bonds. The minimum absolute atomic E-state index is 0.163. The summed E-state index contributed by atoms with van der Waals surface area (Å²) in [5.74, 6) is 0.287. The van der Waals surface area contributed by atoms with Gasteiger partial charge in [0.2, 0.25) is 5.91 Å². The van der Waals surface area contributed by atoms with Crippen LogP contribution in [-0.2, 0) is 11.3 Å². The minimum atomic E-state index is -0.274. The van der Waals surface area contributed by atoms with Gasteiger partial charge in [0, 0.05) is 24.1 Å². The summed E-state index contributed by atoms with van der Waals surface area (Å²) in [6, 6.07) is 13.1. The Morgan fingerprint density at radius 1 is 1.30 bits per heavy atom. The van der Waals surface area contributed by atoms with Crippen LogP contribution in [0.1, 0.15) is 18.4 Å². The zero-order valence-corrected chi connectivity index (χ0v) is 14.9. The van der Waals surface area contributed by atoms with E-state index in [9.17, 15) is 9.59 Å². The summed E-state index contributed by atoms with van der Waals surface area (Å²) < 4.78 is 6.57. The molecule has 0 aliphatic rings. The lowest BCUT2D eigenvalue weighted by Crippen LogP contribution is -2.23. The van der Waals surface area contributed by atoms with Crippen LogP contribution in [0.3, 0.4) is 0 Å². The smallest absolute Gasteiger partial charge is 0.266 e. The number of nitrogens with zero attached hydrogens (tertiary/aromatic N) is 3. The Hall–Kier alpha value is -3.37. The molecule has 2 heterocycles. The quantitative estimate of drug-likeness (QED) is 0.703. The Morgan fingerprint density at radius 3 is 2.89 bits per heavy atom. The van der Waals surface area contributed by atoms with Gasteiger partial charge in [-0.05, 0) is 42.8 Å². The zero-order valence-electron chi connectivity index (χ0n) is 14.2. The first-order valence-electron chi connectivity index (χ1n) is 8.18. The van der Waals surface area contributed by atoms with Gasteiger partial charge in [-0.15, -0.1) is 0 Å². The lowest BCUT2D eigenvalue weighted by molar-refractivity contribution is -0.116. The number of halogens is 1. The molecular weight excluding hydrogens is 368 g/mol. The van der Waals surface area contributed by atoms with E-state index in [-0.39, 0.29) is 24.4 Å². The number of anilines is 1. The summed E-state index contributed by atoms with van der Waals surface area (Å²) in [6.45, 7) is 0.279. The molecular formula is C19H15ClN4O3. The summed E-state index contributed by atoms with van der Waals surface area (Å²) in [5.41, 5.74) is 0.982. The number of amides is 1. The van der Waals surface area contributed by atoms with E-state index < -0.39 is 0 Å². The van der Waals surface area contributed by atoms with E-state index in [1.807, 2.05) is 6.07 Å². The standard InChI is InChI=1S/C19H15ClN4O3/c20-14-6-5-13(12-21)16(11-14)22-18(25)4-1-9-24-19(26)8-7-15(23-24)17-3-2-10-27-17/h2-3,5-8,10-11H,1,4,9H2,(H,22,25). The van der Waals surface area contributed by atoms with E-state index in [2.05, 4.69) is 10.4 Å². The number of hydrogen-bond donors (Lipinski definition) is 1. The second-order valence-corrected chi connectivity index (χ2v) is 6.15. The topological polar surface area (TPSA) is 101 Å². The molecule has 0 aliphatic carbocycles. The highest BCUT2D eigenvalue weighted by Gasteiger charge is 2.09. The fourth-order valence-corrected chi connectivity index (χ4v) is 2.66. The van der Waals surface area contributed by atoms with Crippen molar-refractivity contribution in [3.8, 4) is 17.5 Å². The number of carbonyl (C=O) groups is 1. The van der Waals surface area contributed by atoms with Crippen molar-refractivity contribution in [1.29, 1.82) is 5.26 Å². The van der Waals surface area contributed by atoms with Gasteiger partial charge in [-0.25, -0.2) is 4.68 Å². The van der Waals surface area contributed by atoms with Crippen LogP contribution in [0.4, 0.5) is 5.69 Å². The molecule has 0 saturated carbocycles. The SMILES string of the molecule is N#Cc1ccc(Cl)cc1NC(=O)CCCn1nc(-c2ccco2)ccc1=O. The Labute approximate surface area is 159 Å². The molecule has 0 spiro atoms. The number of aryl methyl sites for hydroxylation is 1. The van der Waals surface area contributed by atoms with Gasteiger partial charge in [0.15, 0.2) is 5.76 Å². The molecule has 0 fully saturated rings. The van der Waals surface area contributed by atoms with Crippen LogP contribution in [-0.4, -0.2) is 15.7 Å². The summed E-state index contributed by atoms with van der Waals surface area (Å²) in [7, 11) is 0. The highest BCUT2D eigenvalue weighted by molar-refractivity contribution is 6.31. The second kappa shape index (κ2) is 8.34. The van der Waals surface area contributed by atoms with Gasteiger partial charge < -0.3 is 9.73 Å². The number of nitriles is 1. The second-order valence-electron chi connectivity index (χ2n) is 5.71. The van der Waals surface area contributed by atoms with Crippen molar-refractivity contribution in [1.82, 2.24) is 9.78 Å². The molecule has 0 saturated heterocycles. The van der Waals surface area contributed by atoms with Crippen molar-refractivity contribution >= 4 is 23.2 Å². The maximum atomic E-state index is 12.1. The van der Waals surface area contributed by atoms with E-state index in [1.165, 1.54) is 23.1 Å².